The normalized spacial score (nSPS) is 16.7. The van der Waals surface area contributed by atoms with E-state index in [0.29, 0.717) is 24.0 Å². The van der Waals surface area contributed by atoms with Gasteiger partial charge >= 0.3 is 6.18 Å². The molecule has 1 fully saturated rings. The van der Waals surface area contributed by atoms with Gasteiger partial charge in [-0.1, -0.05) is 24.4 Å². The Hall–Kier alpha value is -1.89. The molecular formula is C16H18F3N3O. The molecule has 1 saturated carbocycles. The molecule has 2 aromatic rings. The van der Waals surface area contributed by atoms with E-state index >= 15 is 0 Å². The number of alkyl halides is 3. The lowest BCUT2D eigenvalue weighted by atomic mass is 9.95. The second-order valence-corrected chi connectivity index (χ2v) is 5.81. The number of rotatable bonds is 4. The van der Waals surface area contributed by atoms with Crippen molar-refractivity contribution in [3.8, 4) is 11.5 Å². The van der Waals surface area contributed by atoms with Crippen molar-refractivity contribution in [3.63, 3.8) is 0 Å². The van der Waals surface area contributed by atoms with E-state index in [0.717, 1.165) is 25.0 Å². The number of benzene rings is 1. The van der Waals surface area contributed by atoms with Gasteiger partial charge in [0.05, 0.1) is 12.1 Å². The SMILES string of the molecule is FC(F)(F)c1ccc(-c2nc(CNC3CCCCC3)no2)cc1. The molecule has 0 aliphatic heterocycles. The molecule has 0 bridgehead atoms. The van der Waals surface area contributed by atoms with Crippen molar-refractivity contribution in [1.29, 1.82) is 0 Å². The Balaban J connectivity index is 1.62. The Kier molecular flexibility index (Phi) is 4.66. The lowest BCUT2D eigenvalue weighted by molar-refractivity contribution is -0.137. The van der Waals surface area contributed by atoms with Crippen LogP contribution in [0.15, 0.2) is 28.8 Å². The summed E-state index contributed by atoms with van der Waals surface area (Å²) in [6.07, 6.45) is 1.73. The molecule has 0 atom stereocenters. The molecule has 0 saturated heterocycles. The topological polar surface area (TPSA) is 51.0 Å². The summed E-state index contributed by atoms with van der Waals surface area (Å²) in [6.45, 7) is 0.509. The fourth-order valence-corrected chi connectivity index (χ4v) is 2.79. The third-order valence-corrected chi connectivity index (χ3v) is 4.08. The highest BCUT2D eigenvalue weighted by molar-refractivity contribution is 5.53. The number of aromatic nitrogens is 2. The van der Waals surface area contributed by atoms with Gasteiger partial charge in [-0.15, -0.1) is 0 Å². The zero-order valence-corrected chi connectivity index (χ0v) is 12.6. The van der Waals surface area contributed by atoms with Crippen LogP contribution in [0.1, 0.15) is 43.5 Å². The van der Waals surface area contributed by atoms with Crippen molar-refractivity contribution in [2.24, 2.45) is 0 Å². The summed E-state index contributed by atoms with van der Waals surface area (Å²) in [5, 5.41) is 7.28. The molecule has 1 aliphatic carbocycles. The van der Waals surface area contributed by atoms with Gasteiger partial charge in [-0.3, -0.25) is 0 Å². The maximum absolute atomic E-state index is 12.5. The first-order chi connectivity index (χ1) is 11.0. The van der Waals surface area contributed by atoms with Crippen LogP contribution >= 0.6 is 0 Å². The van der Waals surface area contributed by atoms with E-state index in [1.54, 1.807) is 0 Å². The minimum Gasteiger partial charge on any atom is -0.334 e. The first-order valence-corrected chi connectivity index (χ1v) is 7.76. The predicted molar refractivity (Wildman–Crippen MR) is 78.4 cm³/mol. The standard InChI is InChI=1S/C16H18F3N3O/c17-16(18,19)12-8-6-11(7-9-12)15-21-14(22-23-15)10-20-13-4-2-1-3-5-13/h6-9,13,20H,1-5,10H2. The van der Waals surface area contributed by atoms with Gasteiger partial charge in [-0.05, 0) is 37.1 Å². The van der Waals surface area contributed by atoms with Crippen LogP contribution in [0.2, 0.25) is 0 Å². The Labute approximate surface area is 132 Å². The summed E-state index contributed by atoms with van der Waals surface area (Å²) in [7, 11) is 0. The predicted octanol–water partition coefficient (Wildman–Crippen LogP) is 4.18. The maximum atomic E-state index is 12.5. The Morgan fingerprint density at radius 2 is 1.78 bits per heavy atom. The number of halogens is 3. The molecule has 7 heteroatoms. The van der Waals surface area contributed by atoms with Crippen LogP contribution in [0.5, 0.6) is 0 Å². The molecule has 1 heterocycles. The molecule has 1 aromatic carbocycles. The van der Waals surface area contributed by atoms with E-state index in [4.69, 9.17) is 4.52 Å². The lowest BCUT2D eigenvalue weighted by Crippen LogP contribution is -2.30. The van der Waals surface area contributed by atoms with E-state index in [9.17, 15) is 13.2 Å². The number of hydrogen-bond acceptors (Lipinski definition) is 4. The van der Waals surface area contributed by atoms with Crippen molar-refractivity contribution >= 4 is 0 Å². The fourth-order valence-electron chi connectivity index (χ4n) is 2.79. The van der Waals surface area contributed by atoms with Gasteiger partial charge in [0.2, 0.25) is 0 Å². The molecule has 0 radical (unpaired) electrons. The van der Waals surface area contributed by atoms with Gasteiger partial charge in [0.1, 0.15) is 0 Å². The number of nitrogens with one attached hydrogen (secondary N) is 1. The first-order valence-electron chi connectivity index (χ1n) is 7.76. The summed E-state index contributed by atoms with van der Waals surface area (Å²) in [4.78, 5) is 4.24. The van der Waals surface area contributed by atoms with Crippen LogP contribution in [0, 0.1) is 0 Å². The molecular weight excluding hydrogens is 307 g/mol. The van der Waals surface area contributed by atoms with Gasteiger partial charge < -0.3 is 9.84 Å². The smallest absolute Gasteiger partial charge is 0.334 e. The summed E-state index contributed by atoms with van der Waals surface area (Å²) in [5.41, 5.74) is -0.214. The van der Waals surface area contributed by atoms with Crippen molar-refractivity contribution in [1.82, 2.24) is 15.5 Å². The largest absolute Gasteiger partial charge is 0.416 e. The van der Waals surface area contributed by atoms with Gasteiger partial charge in [0.25, 0.3) is 5.89 Å². The van der Waals surface area contributed by atoms with Crippen LogP contribution in [0.4, 0.5) is 13.2 Å². The summed E-state index contributed by atoms with van der Waals surface area (Å²) >= 11 is 0. The van der Waals surface area contributed by atoms with Gasteiger partial charge in [0.15, 0.2) is 5.82 Å². The van der Waals surface area contributed by atoms with E-state index in [1.807, 2.05) is 0 Å². The molecule has 0 spiro atoms. The second-order valence-electron chi connectivity index (χ2n) is 5.81. The molecule has 1 aromatic heterocycles. The van der Waals surface area contributed by atoms with Crippen LogP contribution in [0.3, 0.4) is 0 Å². The minimum absolute atomic E-state index is 0.235. The summed E-state index contributed by atoms with van der Waals surface area (Å²) in [5.74, 6) is 0.754. The van der Waals surface area contributed by atoms with E-state index in [1.165, 1.54) is 31.4 Å². The average molecular weight is 325 g/mol. The summed E-state index contributed by atoms with van der Waals surface area (Å²) in [6, 6.07) is 5.19. The summed E-state index contributed by atoms with van der Waals surface area (Å²) < 4.78 is 42.8. The zero-order valence-electron chi connectivity index (χ0n) is 12.6. The molecule has 1 aliphatic rings. The van der Waals surface area contributed by atoms with Crippen molar-refractivity contribution in [3.05, 3.63) is 35.7 Å². The van der Waals surface area contributed by atoms with E-state index < -0.39 is 11.7 Å². The molecule has 4 nitrogen and oxygen atoms in total. The molecule has 0 unspecified atom stereocenters. The third-order valence-electron chi connectivity index (χ3n) is 4.08. The fraction of sp³-hybridized carbons (Fsp3) is 0.500. The van der Waals surface area contributed by atoms with Crippen LogP contribution in [0.25, 0.3) is 11.5 Å². The Bertz CT molecular complexity index is 631. The van der Waals surface area contributed by atoms with Gasteiger partial charge in [0, 0.05) is 11.6 Å². The van der Waals surface area contributed by atoms with Crippen molar-refractivity contribution < 1.29 is 17.7 Å². The monoisotopic (exact) mass is 325 g/mol. The third kappa shape index (κ3) is 4.10. The molecule has 23 heavy (non-hydrogen) atoms. The zero-order chi connectivity index (χ0) is 16.3. The second kappa shape index (κ2) is 6.70. The van der Waals surface area contributed by atoms with Gasteiger partial charge in [-0.2, -0.15) is 18.2 Å². The minimum atomic E-state index is -4.34. The van der Waals surface area contributed by atoms with Crippen molar-refractivity contribution in [2.45, 2.75) is 50.9 Å². The molecule has 1 N–H and O–H groups in total. The lowest BCUT2D eigenvalue weighted by Gasteiger charge is -2.21. The quantitative estimate of drug-likeness (QED) is 0.916. The molecule has 0 amide bonds. The van der Waals surface area contributed by atoms with Crippen molar-refractivity contribution in [2.75, 3.05) is 0 Å². The Morgan fingerprint density at radius 1 is 1.09 bits per heavy atom. The molecule has 124 valence electrons. The first kappa shape index (κ1) is 16.0. The Morgan fingerprint density at radius 3 is 2.43 bits per heavy atom. The highest BCUT2D eigenvalue weighted by Crippen LogP contribution is 2.30. The average Bonchev–Trinajstić information content (AvgIpc) is 3.02. The highest BCUT2D eigenvalue weighted by Gasteiger charge is 2.30. The highest BCUT2D eigenvalue weighted by atomic mass is 19.4. The number of hydrogen-bond donors (Lipinski definition) is 1. The van der Waals surface area contributed by atoms with Gasteiger partial charge in [-0.25, -0.2) is 0 Å². The van der Waals surface area contributed by atoms with E-state index in [-0.39, 0.29) is 5.89 Å². The van der Waals surface area contributed by atoms with Crippen LogP contribution < -0.4 is 5.32 Å². The van der Waals surface area contributed by atoms with Crippen LogP contribution in [-0.4, -0.2) is 16.2 Å². The van der Waals surface area contributed by atoms with E-state index in [2.05, 4.69) is 15.5 Å². The maximum Gasteiger partial charge on any atom is 0.416 e. The van der Waals surface area contributed by atoms with Crippen LogP contribution in [-0.2, 0) is 12.7 Å². The number of nitrogens with zero attached hydrogens (tertiary/aromatic N) is 2. The molecule has 3 rings (SSSR count).